The summed E-state index contributed by atoms with van der Waals surface area (Å²) < 4.78 is 29.0. The fraction of sp³-hybridized carbons (Fsp3) is 0.269. The van der Waals surface area contributed by atoms with Crippen LogP contribution in [0.15, 0.2) is 65.6 Å². The van der Waals surface area contributed by atoms with E-state index in [0.717, 1.165) is 36.0 Å². The maximum absolute atomic E-state index is 13.1. The summed E-state index contributed by atoms with van der Waals surface area (Å²) in [6.07, 6.45) is 2.89. The van der Waals surface area contributed by atoms with Gasteiger partial charge in [0.15, 0.2) is 0 Å². The summed E-state index contributed by atoms with van der Waals surface area (Å²) in [4.78, 5) is 13.1. The summed E-state index contributed by atoms with van der Waals surface area (Å²) in [5, 5.41) is 3.10. The van der Waals surface area contributed by atoms with Crippen LogP contribution >= 0.6 is 0 Å². The minimum absolute atomic E-state index is 0.0675. The first-order valence-electron chi connectivity index (χ1n) is 10.8. The van der Waals surface area contributed by atoms with Crippen molar-refractivity contribution in [2.45, 2.75) is 51.0 Å². The zero-order chi connectivity index (χ0) is 22.9. The molecule has 0 heterocycles. The summed E-state index contributed by atoms with van der Waals surface area (Å²) in [6, 6.07) is 18.5. The Balaban J connectivity index is 1.59. The number of sulfonamides is 1. The van der Waals surface area contributed by atoms with Crippen LogP contribution in [-0.2, 0) is 16.4 Å². The standard InChI is InChI=1S/C26H28N2O3S/c1-17-11-14-23(19(3)15-17)28-32(30,31)25-16-21(13-12-18(25)2)26(29)27-24-10-6-8-20-7-4-5-9-22(20)24/h4-5,7,9,11-16,24,28H,6,8,10H2,1-3H3,(H,27,29)/t24-/m0/s1. The fourth-order valence-electron chi connectivity index (χ4n) is 4.30. The maximum Gasteiger partial charge on any atom is 0.262 e. The Morgan fingerprint density at radius 3 is 2.50 bits per heavy atom. The summed E-state index contributed by atoms with van der Waals surface area (Å²) in [5.41, 5.74) is 5.75. The zero-order valence-electron chi connectivity index (χ0n) is 18.6. The highest BCUT2D eigenvalue weighted by atomic mass is 32.2. The predicted molar refractivity (Wildman–Crippen MR) is 127 cm³/mol. The molecule has 3 aromatic carbocycles. The number of benzene rings is 3. The van der Waals surface area contributed by atoms with E-state index in [1.807, 2.05) is 38.1 Å². The Kier molecular flexibility index (Phi) is 6.07. The van der Waals surface area contributed by atoms with Crippen molar-refractivity contribution >= 4 is 21.6 Å². The van der Waals surface area contributed by atoms with Gasteiger partial charge in [0.05, 0.1) is 16.6 Å². The van der Waals surface area contributed by atoms with E-state index in [9.17, 15) is 13.2 Å². The van der Waals surface area contributed by atoms with E-state index in [1.54, 1.807) is 25.1 Å². The molecule has 0 aromatic heterocycles. The van der Waals surface area contributed by atoms with Crippen LogP contribution in [0.2, 0.25) is 0 Å². The van der Waals surface area contributed by atoms with Gasteiger partial charge in [-0.2, -0.15) is 0 Å². The molecule has 0 saturated heterocycles. The number of nitrogens with one attached hydrogen (secondary N) is 2. The van der Waals surface area contributed by atoms with Gasteiger partial charge >= 0.3 is 0 Å². The van der Waals surface area contributed by atoms with Crippen LogP contribution in [0.4, 0.5) is 5.69 Å². The third kappa shape index (κ3) is 4.55. The molecule has 6 heteroatoms. The normalized spacial score (nSPS) is 15.7. The van der Waals surface area contributed by atoms with Crippen LogP contribution < -0.4 is 10.0 Å². The average Bonchev–Trinajstić information content (AvgIpc) is 2.76. The number of fused-ring (bicyclic) bond motifs is 1. The molecule has 0 fully saturated rings. The number of hydrogen-bond donors (Lipinski definition) is 2. The number of amides is 1. The van der Waals surface area contributed by atoms with Gasteiger partial charge in [-0.05, 0) is 80.5 Å². The van der Waals surface area contributed by atoms with Gasteiger partial charge < -0.3 is 5.32 Å². The molecule has 1 amide bonds. The van der Waals surface area contributed by atoms with Crippen molar-refractivity contribution in [1.29, 1.82) is 0 Å². The predicted octanol–water partition coefficient (Wildman–Crippen LogP) is 5.22. The molecule has 1 aliphatic carbocycles. The molecule has 5 nitrogen and oxygen atoms in total. The topological polar surface area (TPSA) is 75.3 Å². The summed E-state index contributed by atoms with van der Waals surface area (Å²) >= 11 is 0. The van der Waals surface area contributed by atoms with Gasteiger partial charge in [0.25, 0.3) is 15.9 Å². The lowest BCUT2D eigenvalue weighted by atomic mass is 9.87. The van der Waals surface area contributed by atoms with Crippen LogP contribution in [0.1, 0.15) is 57.1 Å². The van der Waals surface area contributed by atoms with Gasteiger partial charge in [0, 0.05) is 5.56 Å². The molecule has 0 unspecified atom stereocenters. The zero-order valence-corrected chi connectivity index (χ0v) is 19.4. The number of carbonyl (C=O) groups is 1. The number of rotatable bonds is 5. The Morgan fingerprint density at radius 2 is 1.72 bits per heavy atom. The van der Waals surface area contributed by atoms with Crippen LogP contribution in [-0.4, -0.2) is 14.3 Å². The molecule has 0 spiro atoms. The number of aryl methyl sites for hydroxylation is 4. The number of carbonyl (C=O) groups excluding carboxylic acids is 1. The highest BCUT2D eigenvalue weighted by Gasteiger charge is 2.24. The van der Waals surface area contributed by atoms with Crippen molar-refractivity contribution in [2.75, 3.05) is 4.72 Å². The summed E-state index contributed by atoms with van der Waals surface area (Å²) in [7, 11) is -3.85. The molecule has 0 aliphatic heterocycles. The second-order valence-electron chi connectivity index (χ2n) is 8.52. The number of hydrogen-bond acceptors (Lipinski definition) is 3. The SMILES string of the molecule is Cc1ccc(NS(=O)(=O)c2cc(C(=O)N[C@H]3CCCc4ccccc43)ccc2C)c(C)c1. The van der Waals surface area contributed by atoms with E-state index in [1.165, 1.54) is 11.6 Å². The van der Waals surface area contributed by atoms with Crippen LogP contribution in [0.5, 0.6) is 0 Å². The largest absolute Gasteiger partial charge is 0.345 e. The minimum atomic E-state index is -3.85. The van der Waals surface area contributed by atoms with Crippen molar-refractivity contribution in [3.8, 4) is 0 Å². The first kappa shape index (κ1) is 22.1. The van der Waals surface area contributed by atoms with Gasteiger partial charge in [-0.25, -0.2) is 8.42 Å². The van der Waals surface area contributed by atoms with Crippen LogP contribution in [0, 0.1) is 20.8 Å². The third-order valence-corrected chi connectivity index (χ3v) is 7.55. The van der Waals surface area contributed by atoms with Gasteiger partial charge in [-0.1, -0.05) is 48.0 Å². The van der Waals surface area contributed by atoms with E-state index >= 15 is 0 Å². The van der Waals surface area contributed by atoms with E-state index in [-0.39, 0.29) is 16.8 Å². The molecule has 2 N–H and O–H groups in total. The van der Waals surface area contributed by atoms with E-state index in [0.29, 0.717) is 16.8 Å². The van der Waals surface area contributed by atoms with Crippen molar-refractivity contribution < 1.29 is 13.2 Å². The second kappa shape index (κ2) is 8.79. The Hall–Kier alpha value is -3.12. The molecule has 0 saturated carbocycles. The lowest BCUT2D eigenvalue weighted by Crippen LogP contribution is -2.31. The molecule has 1 atom stereocenters. The molecule has 32 heavy (non-hydrogen) atoms. The summed E-state index contributed by atoms with van der Waals surface area (Å²) in [5.74, 6) is -0.269. The number of anilines is 1. The Bertz CT molecular complexity index is 1280. The molecule has 1 aliphatic rings. The van der Waals surface area contributed by atoms with Crippen LogP contribution in [0.3, 0.4) is 0 Å². The monoisotopic (exact) mass is 448 g/mol. The van der Waals surface area contributed by atoms with Crippen molar-refractivity contribution in [2.24, 2.45) is 0 Å². The first-order chi connectivity index (χ1) is 15.2. The lowest BCUT2D eigenvalue weighted by molar-refractivity contribution is 0.0932. The van der Waals surface area contributed by atoms with Gasteiger partial charge in [0.2, 0.25) is 0 Å². The molecular weight excluding hydrogens is 420 g/mol. The van der Waals surface area contributed by atoms with E-state index < -0.39 is 10.0 Å². The molecule has 166 valence electrons. The smallest absolute Gasteiger partial charge is 0.262 e. The van der Waals surface area contributed by atoms with Gasteiger partial charge in [-0.3, -0.25) is 9.52 Å². The maximum atomic E-state index is 13.1. The minimum Gasteiger partial charge on any atom is -0.345 e. The quantitative estimate of drug-likeness (QED) is 0.562. The van der Waals surface area contributed by atoms with Crippen molar-refractivity contribution in [3.63, 3.8) is 0 Å². The van der Waals surface area contributed by atoms with Crippen LogP contribution in [0.25, 0.3) is 0 Å². The average molecular weight is 449 g/mol. The summed E-state index contributed by atoms with van der Waals surface area (Å²) in [6.45, 7) is 5.56. The fourth-order valence-corrected chi connectivity index (χ4v) is 5.71. The third-order valence-electron chi connectivity index (χ3n) is 6.04. The Morgan fingerprint density at radius 1 is 0.938 bits per heavy atom. The lowest BCUT2D eigenvalue weighted by Gasteiger charge is -2.26. The molecular formula is C26H28N2O3S. The Labute approximate surface area is 189 Å². The van der Waals surface area contributed by atoms with E-state index in [2.05, 4.69) is 22.2 Å². The highest BCUT2D eigenvalue weighted by Crippen LogP contribution is 2.30. The van der Waals surface area contributed by atoms with Crippen molar-refractivity contribution in [3.05, 3.63) is 94.0 Å². The molecule has 3 aromatic rings. The first-order valence-corrected chi connectivity index (χ1v) is 12.3. The second-order valence-corrected chi connectivity index (χ2v) is 10.2. The molecule has 0 bridgehead atoms. The van der Waals surface area contributed by atoms with E-state index in [4.69, 9.17) is 0 Å². The molecule has 0 radical (unpaired) electrons. The van der Waals surface area contributed by atoms with Gasteiger partial charge in [0.1, 0.15) is 0 Å². The highest BCUT2D eigenvalue weighted by molar-refractivity contribution is 7.92. The van der Waals surface area contributed by atoms with Crippen molar-refractivity contribution in [1.82, 2.24) is 5.32 Å². The van der Waals surface area contributed by atoms with Gasteiger partial charge in [-0.15, -0.1) is 0 Å². The molecule has 4 rings (SSSR count).